The Bertz CT molecular complexity index is 45.9. The van der Waals surface area contributed by atoms with Gasteiger partial charge in [-0.05, 0) is 0 Å². The summed E-state index contributed by atoms with van der Waals surface area (Å²) in [5.74, 6) is 0. The van der Waals surface area contributed by atoms with E-state index in [2.05, 4.69) is 6.92 Å². The molecule has 39 valence electrons. The van der Waals surface area contributed by atoms with Gasteiger partial charge >= 0.3 is 0 Å². The number of allylic oxidation sites excluding steroid dienone is 3. The molecule has 0 N–H and O–H groups in total. The van der Waals surface area contributed by atoms with Crippen LogP contribution in [0, 0.1) is 13.5 Å². The molecule has 0 aromatic heterocycles. The minimum absolute atomic E-state index is 0. The van der Waals surface area contributed by atoms with Crippen LogP contribution in [-0.2, 0) is 22.4 Å². The quantitative estimate of drug-likeness (QED) is 0.320. The van der Waals surface area contributed by atoms with Crippen molar-refractivity contribution in [1.82, 2.24) is 0 Å². The van der Waals surface area contributed by atoms with E-state index in [0.717, 1.165) is 0 Å². The molecule has 0 nitrogen and oxygen atoms in total. The summed E-state index contributed by atoms with van der Waals surface area (Å²) in [5.41, 5.74) is 0. The van der Waals surface area contributed by atoms with Crippen molar-refractivity contribution in [2.75, 3.05) is 0 Å². The number of rotatable bonds is 1. The zero-order valence-corrected chi connectivity index (χ0v) is 4.80. The number of hydrogen-bond donors (Lipinski definition) is 0. The van der Waals surface area contributed by atoms with Crippen LogP contribution in [0.15, 0.2) is 18.2 Å². The van der Waals surface area contributed by atoms with Gasteiger partial charge in [0.2, 0.25) is 0 Å². The third-order valence-corrected chi connectivity index (χ3v) is 0.247. The Morgan fingerprint density at radius 2 is 2.00 bits per heavy atom. The van der Waals surface area contributed by atoms with Gasteiger partial charge in [0.15, 0.2) is 0 Å². The molecule has 0 aliphatic heterocycles. The van der Waals surface area contributed by atoms with Crippen LogP contribution in [0.1, 0.15) is 0 Å². The summed E-state index contributed by atoms with van der Waals surface area (Å²) < 4.78 is 0. The van der Waals surface area contributed by atoms with Gasteiger partial charge in [0.1, 0.15) is 0 Å². The molecule has 0 saturated carbocycles. The van der Waals surface area contributed by atoms with Crippen LogP contribution in [0.5, 0.6) is 0 Å². The van der Waals surface area contributed by atoms with Crippen LogP contribution >= 0.6 is 0 Å². The van der Waals surface area contributed by atoms with Crippen molar-refractivity contribution in [2.24, 2.45) is 0 Å². The number of hydrogen-bond acceptors (Lipinski definition) is 0. The van der Waals surface area contributed by atoms with Gasteiger partial charge in [0.05, 0.1) is 0 Å². The van der Waals surface area contributed by atoms with Crippen molar-refractivity contribution in [3.8, 4) is 0 Å². The molecule has 0 bridgehead atoms. The van der Waals surface area contributed by atoms with Gasteiger partial charge in [0.25, 0.3) is 0 Å². The van der Waals surface area contributed by atoms with Crippen molar-refractivity contribution in [3.63, 3.8) is 0 Å². The molecule has 1 radical (unpaired) electrons. The second-order valence-electron chi connectivity index (χ2n) is 0.621. The molecule has 0 aliphatic rings. The zero-order chi connectivity index (χ0) is 4.12. The van der Waals surface area contributed by atoms with Crippen molar-refractivity contribution in [1.29, 1.82) is 0 Å². The molecule has 0 aromatic carbocycles. The summed E-state index contributed by atoms with van der Waals surface area (Å²) in [6, 6.07) is 0. The molecule has 1 heteroatoms. The third-order valence-electron chi connectivity index (χ3n) is 0.247. The molecule has 0 fully saturated rings. The summed E-state index contributed by atoms with van der Waals surface area (Å²) >= 11 is 0. The first-order chi connectivity index (χ1) is 2.41. The monoisotopic (exact) mass is 173 g/mol. The van der Waals surface area contributed by atoms with E-state index in [-0.39, 0.29) is 22.4 Å². The minimum atomic E-state index is 0. The van der Waals surface area contributed by atoms with Crippen LogP contribution in [-0.4, -0.2) is 0 Å². The molecule has 0 saturated heterocycles. The van der Waals surface area contributed by atoms with Crippen molar-refractivity contribution in [2.45, 2.75) is 0 Å². The summed E-state index contributed by atoms with van der Waals surface area (Å²) in [7, 11) is 0. The molecule has 0 amide bonds. The Morgan fingerprint density at radius 3 is 2.00 bits per heavy atom. The minimum Gasteiger partial charge on any atom is -0.293 e. The molecule has 0 aromatic rings. The van der Waals surface area contributed by atoms with E-state index in [9.17, 15) is 0 Å². The SMILES string of the molecule is [Ag].[CH-]=C/C=C\[CH2-]. The van der Waals surface area contributed by atoms with E-state index < -0.39 is 0 Å². The van der Waals surface area contributed by atoms with E-state index in [1.54, 1.807) is 12.2 Å². The fraction of sp³-hybridized carbons (Fsp3) is 0. The fourth-order valence-corrected chi connectivity index (χ4v) is 0.0786. The van der Waals surface area contributed by atoms with Crippen molar-refractivity contribution >= 4 is 0 Å². The molecule has 0 heterocycles. The Morgan fingerprint density at radius 1 is 1.50 bits per heavy atom. The van der Waals surface area contributed by atoms with Gasteiger partial charge in [-0.15, -0.1) is 0 Å². The molecule has 0 atom stereocenters. The second kappa shape index (κ2) is 8.92. The van der Waals surface area contributed by atoms with Crippen LogP contribution in [0.4, 0.5) is 0 Å². The standard InChI is InChI=1S/C5H6.Ag/c1-3-5-4-2;/h1,3-5H,2H2;/q-2;/b5-4-;. The maximum atomic E-state index is 4.89. The molecule has 0 spiro atoms. The molecular formula is C5H6Ag-2. The fourth-order valence-electron chi connectivity index (χ4n) is 0.0786. The molecule has 6 heavy (non-hydrogen) atoms. The Balaban J connectivity index is 0. The normalized spacial score (nSPS) is 7.33. The average molecular weight is 174 g/mol. The van der Waals surface area contributed by atoms with E-state index >= 15 is 0 Å². The largest absolute Gasteiger partial charge is 0.293 e. The van der Waals surface area contributed by atoms with Gasteiger partial charge < -0.3 is 0 Å². The van der Waals surface area contributed by atoms with Gasteiger partial charge in [-0.1, -0.05) is 0 Å². The second-order valence-corrected chi connectivity index (χ2v) is 0.621. The van der Waals surface area contributed by atoms with Crippen LogP contribution in [0.3, 0.4) is 0 Å². The first-order valence-corrected chi connectivity index (χ1v) is 1.41. The average Bonchev–Trinajstić information content (AvgIpc) is 1.41. The Kier molecular flexibility index (Phi) is 14.0. The van der Waals surface area contributed by atoms with Crippen LogP contribution in [0.2, 0.25) is 0 Å². The van der Waals surface area contributed by atoms with E-state index in [0.29, 0.717) is 0 Å². The van der Waals surface area contributed by atoms with Gasteiger partial charge in [0, 0.05) is 22.4 Å². The summed E-state index contributed by atoms with van der Waals surface area (Å²) in [6.45, 7) is 8.27. The van der Waals surface area contributed by atoms with E-state index in [4.69, 9.17) is 6.58 Å². The maximum Gasteiger partial charge on any atom is 0 e. The van der Waals surface area contributed by atoms with Gasteiger partial charge in [-0.3, -0.25) is 6.58 Å². The molecule has 0 aliphatic carbocycles. The topological polar surface area (TPSA) is 0 Å². The summed E-state index contributed by atoms with van der Waals surface area (Å²) in [4.78, 5) is 0. The van der Waals surface area contributed by atoms with E-state index in [1.807, 2.05) is 0 Å². The predicted molar refractivity (Wildman–Crippen MR) is 23.4 cm³/mol. The van der Waals surface area contributed by atoms with Crippen molar-refractivity contribution < 1.29 is 22.4 Å². The molecule has 0 rings (SSSR count). The predicted octanol–water partition coefficient (Wildman–Crippen LogP) is 1.36. The van der Waals surface area contributed by atoms with Crippen LogP contribution < -0.4 is 0 Å². The summed E-state index contributed by atoms with van der Waals surface area (Å²) in [5, 5.41) is 0. The Labute approximate surface area is 54.5 Å². The molecule has 0 unspecified atom stereocenters. The maximum absolute atomic E-state index is 4.89. The first-order valence-electron chi connectivity index (χ1n) is 1.41. The summed E-state index contributed by atoms with van der Waals surface area (Å²) in [6.07, 6.45) is 4.73. The third kappa shape index (κ3) is 8.94. The van der Waals surface area contributed by atoms with Crippen LogP contribution in [0.25, 0.3) is 0 Å². The smallest absolute Gasteiger partial charge is 0 e. The van der Waals surface area contributed by atoms with Gasteiger partial charge in [-0.2, -0.15) is 0 Å². The molecular weight excluding hydrogens is 168 g/mol. The Hall–Kier alpha value is 0.0903. The van der Waals surface area contributed by atoms with Crippen molar-refractivity contribution in [3.05, 3.63) is 31.7 Å². The first kappa shape index (κ1) is 9.43. The van der Waals surface area contributed by atoms with Gasteiger partial charge in [-0.25, -0.2) is 25.2 Å². The zero-order valence-electron chi connectivity index (χ0n) is 3.32. The van der Waals surface area contributed by atoms with E-state index in [1.165, 1.54) is 6.08 Å².